The number of aliphatic hydroxyl groups is 3. The van der Waals surface area contributed by atoms with Crippen molar-refractivity contribution in [2.45, 2.75) is 117 Å². The fraction of sp³-hybridized carbons (Fsp3) is 0.733. The molecule has 6 heteroatoms. The summed E-state index contributed by atoms with van der Waals surface area (Å²) >= 11 is 0. The molecule has 0 saturated heterocycles. The molecule has 0 radical (unpaired) electrons. The molecule has 8 atom stereocenters. The van der Waals surface area contributed by atoms with E-state index >= 15 is 0 Å². The molecule has 0 fully saturated rings. The molecule has 0 aromatic rings. The maximum atomic E-state index is 12.5. The van der Waals surface area contributed by atoms with Gasteiger partial charge in [0.2, 0.25) is 0 Å². The third kappa shape index (κ3) is 12.5. The highest BCUT2D eigenvalue weighted by molar-refractivity contribution is 5.82. The number of carbonyl (C=O) groups excluding carboxylic acids is 2. The van der Waals surface area contributed by atoms with E-state index in [1.54, 1.807) is 18.2 Å². The Labute approximate surface area is 218 Å². The second-order valence-electron chi connectivity index (χ2n) is 11.0. The summed E-state index contributed by atoms with van der Waals surface area (Å²) in [6, 6.07) is 0. The third-order valence-corrected chi connectivity index (χ3v) is 7.33. The molecule has 206 valence electrons. The van der Waals surface area contributed by atoms with Gasteiger partial charge < -0.3 is 20.1 Å². The van der Waals surface area contributed by atoms with E-state index in [0.717, 1.165) is 6.42 Å². The van der Waals surface area contributed by atoms with Crippen LogP contribution in [0.25, 0.3) is 0 Å². The van der Waals surface area contributed by atoms with E-state index in [4.69, 9.17) is 4.74 Å². The highest BCUT2D eigenvalue weighted by atomic mass is 16.5. The molecule has 36 heavy (non-hydrogen) atoms. The lowest BCUT2D eigenvalue weighted by atomic mass is 9.83. The molecule has 3 N–H and O–H groups in total. The molecule has 1 aliphatic rings. The minimum absolute atomic E-state index is 0.0342. The van der Waals surface area contributed by atoms with Gasteiger partial charge >= 0.3 is 5.97 Å². The highest BCUT2D eigenvalue weighted by Gasteiger charge is 2.29. The van der Waals surface area contributed by atoms with Crippen LogP contribution in [0.3, 0.4) is 0 Å². The van der Waals surface area contributed by atoms with Gasteiger partial charge in [0, 0.05) is 24.8 Å². The summed E-state index contributed by atoms with van der Waals surface area (Å²) in [5, 5.41) is 31.7. The van der Waals surface area contributed by atoms with Crippen LogP contribution in [0.1, 0.15) is 92.9 Å². The van der Waals surface area contributed by atoms with E-state index in [1.807, 2.05) is 20.8 Å². The van der Waals surface area contributed by atoms with Crippen molar-refractivity contribution in [1.29, 1.82) is 0 Å². The average molecular weight is 507 g/mol. The maximum Gasteiger partial charge on any atom is 0.331 e. The highest BCUT2D eigenvalue weighted by Crippen LogP contribution is 2.27. The number of ether oxygens (including phenoxy) is 1. The smallest absolute Gasteiger partial charge is 0.331 e. The molecule has 0 bridgehead atoms. The first kappa shape index (κ1) is 32.3. The van der Waals surface area contributed by atoms with Crippen LogP contribution >= 0.6 is 0 Å². The fourth-order valence-electron chi connectivity index (χ4n) is 5.10. The first-order valence-electron chi connectivity index (χ1n) is 13.7. The molecule has 0 amide bonds. The number of allylic oxidation sites excluding steroid dienone is 4. The van der Waals surface area contributed by atoms with Gasteiger partial charge in [-0.1, -0.05) is 64.5 Å². The number of ketones is 1. The lowest BCUT2D eigenvalue weighted by molar-refractivity contribution is -0.146. The molecular formula is C30H50O6. The van der Waals surface area contributed by atoms with Crippen molar-refractivity contribution in [2.24, 2.45) is 23.7 Å². The van der Waals surface area contributed by atoms with E-state index < -0.39 is 24.3 Å². The van der Waals surface area contributed by atoms with E-state index in [1.165, 1.54) is 11.6 Å². The van der Waals surface area contributed by atoms with Crippen molar-refractivity contribution < 1.29 is 29.6 Å². The van der Waals surface area contributed by atoms with Crippen molar-refractivity contribution >= 4 is 11.8 Å². The molecular weight excluding hydrogens is 456 g/mol. The Morgan fingerprint density at radius 1 is 1.06 bits per heavy atom. The molecule has 0 aromatic heterocycles. The van der Waals surface area contributed by atoms with Gasteiger partial charge in [0.1, 0.15) is 11.9 Å². The number of cyclic esters (lactones) is 1. The van der Waals surface area contributed by atoms with Crippen LogP contribution in [0.5, 0.6) is 0 Å². The van der Waals surface area contributed by atoms with Crippen LogP contribution in [0.4, 0.5) is 0 Å². The summed E-state index contributed by atoms with van der Waals surface area (Å²) in [5.74, 6) is -0.215. The second kappa shape index (κ2) is 16.9. The first-order chi connectivity index (χ1) is 16.9. The number of carbonyl (C=O) groups is 2. The molecule has 1 heterocycles. The Hall–Kier alpha value is -1.76. The van der Waals surface area contributed by atoms with Gasteiger partial charge in [-0.2, -0.15) is 0 Å². The molecule has 0 aromatic carbocycles. The zero-order valence-corrected chi connectivity index (χ0v) is 23.2. The van der Waals surface area contributed by atoms with Crippen molar-refractivity contribution in [3.63, 3.8) is 0 Å². The molecule has 0 saturated carbocycles. The molecule has 0 aliphatic carbocycles. The van der Waals surface area contributed by atoms with E-state index in [0.29, 0.717) is 38.5 Å². The normalized spacial score (nSPS) is 37.2. The zero-order chi connectivity index (χ0) is 27.3. The van der Waals surface area contributed by atoms with E-state index in [9.17, 15) is 24.9 Å². The summed E-state index contributed by atoms with van der Waals surface area (Å²) in [5.41, 5.74) is 1.17. The topological polar surface area (TPSA) is 104 Å². The number of rotatable bonds is 5. The summed E-state index contributed by atoms with van der Waals surface area (Å²) in [6.45, 7) is 12.0. The third-order valence-electron chi connectivity index (χ3n) is 7.33. The lowest BCUT2D eigenvalue weighted by Crippen LogP contribution is -2.36. The van der Waals surface area contributed by atoms with Crippen LogP contribution < -0.4 is 0 Å². The summed E-state index contributed by atoms with van der Waals surface area (Å²) in [6.07, 6.45) is 10.5. The van der Waals surface area contributed by atoms with E-state index in [-0.39, 0.29) is 42.0 Å². The zero-order valence-electron chi connectivity index (χ0n) is 23.2. The average Bonchev–Trinajstić information content (AvgIpc) is 2.80. The lowest BCUT2D eigenvalue weighted by Gasteiger charge is -2.30. The Balaban J connectivity index is 3.07. The van der Waals surface area contributed by atoms with Gasteiger partial charge in [0.25, 0.3) is 0 Å². The monoisotopic (exact) mass is 506 g/mol. The maximum absolute atomic E-state index is 12.5. The van der Waals surface area contributed by atoms with Crippen molar-refractivity contribution in [3.8, 4) is 0 Å². The number of Topliss-reactive ketones (excluding diaryl/α,β-unsaturated/α-hetero) is 1. The summed E-state index contributed by atoms with van der Waals surface area (Å²) in [7, 11) is 0. The van der Waals surface area contributed by atoms with Crippen LogP contribution in [0.2, 0.25) is 0 Å². The van der Waals surface area contributed by atoms with Gasteiger partial charge in [-0.05, 0) is 63.2 Å². The Morgan fingerprint density at radius 2 is 1.75 bits per heavy atom. The predicted octanol–water partition coefficient (Wildman–Crippen LogP) is 5.31. The standard InChI is InChI=1S/C30H50O6/c1-7-25(31)13-11-14-28-22(4)17-20(2)16-21(3)18-23(5)30(35)24(6)27(33)19-26(32)12-9-8-10-15-29(34)36-28/h8-10,15-16,20,22-24,26-28,30,32-33,35H,7,11-14,17-19H2,1-6H3/b9-8+,15-10+,21-16+. The predicted molar refractivity (Wildman–Crippen MR) is 144 cm³/mol. The number of esters is 1. The number of hydrogen-bond acceptors (Lipinski definition) is 6. The van der Waals surface area contributed by atoms with Gasteiger partial charge in [-0.15, -0.1) is 0 Å². The van der Waals surface area contributed by atoms with Gasteiger partial charge in [0.15, 0.2) is 0 Å². The van der Waals surface area contributed by atoms with E-state index in [2.05, 4.69) is 26.8 Å². The molecule has 1 rings (SSSR count). The van der Waals surface area contributed by atoms with Crippen LogP contribution in [0, 0.1) is 23.7 Å². The van der Waals surface area contributed by atoms with Gasteiger partial charge in [-0.3, -0.25) is 4.79 Å². The van der Waals surface area contributed by atoms with Crippen molar-refractivity contribution in [1.82, 2.24) is 0 Å². The van der Waals surface area contributed by atoms with Gasteiger partial charge in [-0.25, -0.2) is 4.79 Å². The van der Waals surface area contributed by atoms with Crippen molar-refractivity contribution in [2.75, 3.05) is 0 Å². The number of aliphatic hydroxyl groups excluding tert-OH is 3. The Kier molecular flexibility index (Phi) is 15.1. The fourth-order valence-corrected chi connectivity index (χ4v) is 5.10. The van der Waals surface area contributed by atoms with Crippen molar-refractivity contribution in [3.05, 3.63) is 36.0 Å². The minimum Gasteiger partial charge on any atom is -0.459 e. The summed E-state index contributed by atoms with van der Waals surface area (Å²) < 4.78 is 5.81. The molecule has 0 spiro atoms. The molecule has 1 aliphatic heterocycles. The SMILES string of the molecule is CCC(=O)CCCC1OC(=O)/C=C/C=C/CC(O)CC(O)C(C)C(O)C(C)C/C(C)=C/C(C)CC1C. The second-order valence-corrected chi connectivity index (χ2v) is 11.0. The Bertz CT molecular complexity index is 755. The molecule has 8 unspecified atom stereocenters. The van der Waals surface area contributed by atoms with Crippen LogP contribution in [-0.4, -0.2) is 51.5 Å². The molecule has 6 nitrogen and oxygen atoms in total. The number of hydrogen-bond donors (Lipinski definition) is 3. The Morgan fingerprint density at radius 3 is 2.42 bits per heavy atom. The van der Waals surface area contributed by atoms with Crippen LogP contribution in [0.15, 0.2) is 36.0 Å². The van der Waals surface area contributed by atoms with Gasteiger partial charge in [0.05, 0.1) is 18.3 Å². The minimum atomic E-state index is -0.810. The largest absolute Gasteiger partial charge is 0.459 e. The quantitative estimate of drug-likeness (QED) is 0.345. The van der Waals surface area contributed by atoms with Crippen LogP contribution in [-0.2, 0) is 14.3 Å². The summed E-state index contributed by atoms with van der Waals surface area (Å²) in [4.78, 5) is 24.2. The first-order valence-corrected chi connectivity index (χ1v) is 13.7.